The van der Waals surface area contributed by atoms with Gasteiger partial charge in [0.25, 0.3) is 0 Å². The first kappa shape index (κ1) is 19.0. The fraction of sp³-hybridized carbons (Fsp3) is 0.750. The van der Waals surface area contributed by atoms with Crippen LogP contribution in [0.3, 0.4) is 0 Å². The molecule has 0 spiro atoms. The lowest BCUT2D eigenvalue weighted by Crippen LogP contribution is -2.25. The molecule has 0 aromatic heterocycles. The Bertz CT molecular complexity index is 141. The number of rotatable bonds is 2. The smallest absolute Gasteiger partial charge is 0.320 e. The molecule has 0 radical (unpaired) electrons. The van der Waals surface area contributed by atoms with E-state index in [1.165, 1.54) is 6.92 Å². The minimum absolute atomic E-state index is 0.419. The van der Waals surface area contributed by atoms with Crippen LogP contribution < -0.4 is 5.73 Å². The van der Waals surface area contributed by atoms with Crippen LogP contribution in [0.5, 0.6) is 0 Å². The summed E-state index contributed by atoms with van der Waals surface area (Å²) in [5.74, 6) is -1.79. The summed E-state index contributed by atoms with van der Waals surface area (Å²) in [6, 6.07) is -0.731. The van der Waals surface area contributed by atoms with E-state index < -0.39 is 22.8 Å². The zero-order valence-corrected chi connectivity index (χ0v) is 10.4. The molecule has 0 saturated carbocycles. The first-order valence-corrected chi connectivity index (χ1v) is 5.05. The highest BCUT2D eigenvalue weighted by Gasteiger charge is 2.01. The zero-order chi connectivity index (χ0) is 12.3. The molecule has 0 fully saturated rings. The molecule has 0 bridgehead atoms. The molecule has 2 unspecified atom stereocenters. The quantitative estimate of drug-likeness (QED) is 0.658. The number of carboxylic acid groups (broad SMARTS) is 2. The van der Waals surface area contributed by atoms with Crippen molar-refractivity contribution < 1.29 is 19.8 Å². The molecule has 0 aromatic rings. The number of hydrogen-bond acceptors (Lipinski definition) is 3. The molecule has 0 aliphatic rings. The van der Waals surface area contributed by atoms with Crippen LogP contribution in [0.15, 0.2) is 0 Å². The standard InChI is InChI=1S/C3H5BrO2.C3H7NO2.C2H6/c2*1-2(4)3(5)6;1-2/h2H,1H3,(H,5,6);2H,4H2,1H3,(H,5,6);1-2H3. The van der Waals surface area contributed by atoms with Crippen molar-refractivity contribution in [2.24, 2.45) is 5.73 Å². The van der Waals surface area contributed by atoms with E-state index in [0.29, 0.717) is 0 Å². The average molecular weight is 272 g/mol. The van der Waals surface area contributed by atoms with Gasteiger partial charge in [-0.1, -0.05) is 29.8 Å². The highest BCUT2D eigenvalue weighted by molar-refractivity contribution is 9.10. The second-order valence-electron chi connectivity index (χ2n) is 2.08. The Morgan fingerprint density at radius 1 is 1.14 bits per heavy atom. The van der Waals surface area contributed by atoms with Crippen molar-refractivity contribution in [3.8, 4) is 0 Å². The van der Waals surface area contributed by atoms with Gasteiger partial charge >= 0.3 is 11.9 Å². The summed E-state index contributed by atoms with van der Waals surface area (Å²) in [4.78, 5) is 18.8. The number of carboxylic acids is 2. The minimum Gasteiger partial charge on any atom is -0.480 e. The van der Waals surface area contributed by atoms with Crippen molar-refractivity contribution in [3.05, 3.63) is 0 Å². The predicted octanol–water partition coefficient (Wildman–Crippen LogP) is 1.30. The van der Waals surface area contributed by atoms with Crippen molar-refractivity contribution in [2.75, 3.05) is 0 Å². The minimum atomic E-state index is -0.963. The average Bonchev–Trinajstić information content (AvgIpc) is 2.08. The first-order chi connectivity index (χ1) is 6.29. The summed E-state index contributed by atoms with van der Waals surface area (Å²) >= 11 is 2.84. The maximum Gasteiger partial charge on any atom is 0.320 e. The van der Waals surface area contributed by atoms with Crippen molar-refractivity contribution in [1.82, 2.24) is 0 Å². The summed E-state index contributed by atoms with van der Waals surface area (Å²) < 4.78 is 0. The molecule has 6 heteroatoms. The van der Waals surface area contributed by atoms with Crippen LogP contribution >= 0.6 is 15.9 Å². The molecule has 0 saturated heterocycles. The maximum atomic E-state index is 9.65. The third-order valence-electron chi connectivity index (χ3n) is 0.730. The van der Waals surface area contributed by atoms with Gasteiger partial charge in [-0.3, -0.25) is 9.59 Å². The molecule has 0 aliphatic heterocycles. The van der Waals surface area contributed by atoms with E-state index in [0.717, 1.165) is 0 Å². The number of hydrogen-bond donors (Lipinski definition) is 3. The number of alkyl halides is 1. The molecule has 5 nitrogen and oxygen atoms in total. The van der Waals surface area contributed by atoms with Gasteiger partial charge in [0.15, 0.2) is 0 Å². The van der Waals surface area contributed by atoms with Crippen LogP contribution in [0.25, 0.3) is 0 Å². The van der Waals surface area contributed by atoms with Crippen molar-refractivity contribution in [1.29, 1.82) is 0 Å². The summed E-state index contributed by atoms with van der Waals surface area (Å²) in [6.45, 7) is 6.98. The molecule has 14 heavy (non-hydrogen) atoms. The largest absolute Gasteiger partial charge is 0.480 e. The molecule has 0 heterocycles. The number of halogens is 1. The van der Waals surface area contributed by atoms with Crippen LogP contribution in [0, 0.1) is 0 Å². The Labute approximate surface area is 92.4 Å². The lowest BCUT2D eigenvalue weighted by molar-refractivity contribution is -0.138. The highest BCUT2D eigenvalue weighted by atomic mass is 79.9. The van der Waals surface area contributed by atoms with E-state index in [4.69, 9.17) is 15.9 Å². The van der Waals surface area contributed by atoms with E-state index in [-0.39, 0.29) is 0 Å². The molecule has 4 N–H and O–H groups in total. The van der Waals surface area contributed by atoms with Crippen LogP contribution in [-0.2, 0) is 9.59 Å². The monoisotopic (exact) mass is 271 g/mol. The third kappa shape index (κ3) is 22.5. The number of nitrogens with two attached hydrogens (primary N) is 1. The van der Waals surface area contributed by atoms with Gasteiger partial charge in [-0.25, -0.2) is 0 Å². The molecule has 2 atom stereocenters. The van der Waals surface area contributed by atoms with Crippen molar-refractivity contribution >= 4 is 27.9 Å². The molecule has 0 aliphatic carbocycles. The number of carbonyl (C=O) groups is 2. The fourth-order valence-corrected chi connectivity index (χ4v) is 0. The van der Waals surface area contributed by atoms with Gasteiger partial charge in [0.05, 0.1) is 0 Å². The Kier molecular flexibility index (Phi) is 16.8. The van der Waals surface area contributed by atoms with E-state index in [1.807, 2.05) is 13.8 Å². The van der Waals surface area contributed by atoms with Gasteiger partial charge in [0, 0.05) is 0 Å². The van der Waals surface area contributed by atoms with Crippen molar-refractivity contribution in [3.63, 3.8) is 0 Å². The third-order valence-corrected chi connectivity index (χ3v) is 1.12. The topological polar surface area (TPSA) is 101 Å². The van der Waals surface area contributed by atoms with Gasteiger partial charge < -0.3 is 15.9 Å². The van der Waals surface area contributed by atoms with Crippen LogP contribution in [0.2, 0.25) is 0 Å². The second kappa shape index (κ2) is 12.4. The molecular weight excluding hydrogens is 254 g/mol. The van der Waals surface area contributed by atoms with Gasteiger partial charge in [-0.2, -0.15) is 0 Å². The Hall–Kier alpha value is -0.620. The lowest BCUT2D eigenvalue weighted by atomic mass is 10.4. The van der Waals surface area contributed by atoms with Gasteiger partial charge in [0.1, 0.15) is 10.9 Å². The highest BCUT2D eigenvalue weighted by Crippen LogP contribution is 1.93. The Morgan fingerprint density at radius 3 is 1.29 bits per heavy atom. The summed E-state index contributed by atoms with van der Waals surface area (Å²) in [5.41, 5.74) is 4.84. The van der Waals surface area contributed by atoms with Crippen LogP contribution in [0.1, 0.15) is 27.7 Å². The second-order valence-corrected chi connectivity index (χ2v) is 3.45. The fourth-order valence-electron chi connectivity index (χ4n) is 0. The molecule has 0 aromatic carbocycles. The molecular formula is C8H18BrNO4. The van der Waals surface area contributed by atoms with E-state index in [1.54, 1.807) is 6.92 Å². The van der Waals surface area contributed by atoms with Crippen molar-refractivity contribution in [2.45, 2.75) is 38.6 Å². The van der Waals surface area contributed by atoms with Gasteiger partial charge in [-0.15, -0.1) is 0 Å². The molecule has 86 valence electrons. The lowest BCUT2D eigenvalue weighted by Gasteiger charge is -1.90. The van der Waals surface area contributed by atoms with E-state index in [2.05, 4.69) is 15.9 Å². The summed E-state index contributed by atoms with van der Waals surface area (Å²) in [6.07, 6.45) is 0. The van der Waals surface area contributed by atoms with E-state index in [9.17, 15) is 9.59 Å². The summed E-state index contributed by atoms with van der Waals surface area (Å²) in [7, 11) is 0. The van der Waals surface area contributed by atoms with Gasteiger partial charge in [-0.05, 0) is 13.8 Å². The van der Waals surface area contributed by atoms with Crippen LogP contribution in [-0.4, -0.2) is 33.0 Å². The van der Waals surface area contributed by atoms with Crippen LogP contribution in [0.4, 0.5) is 0 Å². The van der Waals surface area contributed by atoms with E-state index >= 15 is 0 Å². The molecule has 0 amide bonds. The Balaban J connectivity index is -0.000000147. The molecule has 0 rings (SSSR count). The SMILES string of the molecule is CC.CC(Br)C(=O)O.CC(N)C(=O)O. The first-order valence-electron chi connectivity index (χ1n) is 4.14. The van der Waals surface area contributed by atoms with Gasteiger partial charge in [0.2, 0.25) is 0 Å². The number of aliphatic carboxylic acids is 2. The predicted molar refractivity (Wildman–Crippen MR) is 58.7 cm³/mol. The Morgan fingerprint density at radius 2 is 1.29 bits per heavy atom. The summed E-state index contributed by atoms with van der Waals surface area (Å²) in [5, 5.41) is 15.8. The maximum absolute atomic E-state index is 9.65. The normalized spacial score (nSPS) is 12.1. The zero-order valence-electron chi connectivity index (χ0n) is 8.82.